The summed E-state index contributed by atoms with van der Waals surface area (Å²) < 4.78 is 0. The van der Waals surface area contributed by atoms with Gasteiger partial charge < -0.3 is 5.32 Å². The first-order chi connectivity index (χ1) is 14.1. The van der Waals surface area contributed by atoms with E-state index in [-0.39, 0.29) is 16.0 Å². The first-order valence-corrected chi connectivity index (χ1v) is 10.1. The number of nitrogens with one attached hydrogen (secondary N) is 1. The van der Waals surface area contributed by atoms with E-state index in [2.05, 4.69) is 5.32 Å². The van der Waals surface area contributed by atoms with E-state index in [4.69, 9.17) is 24.4 Å². The van der Waals surface area contributed by atoms with Crippen LogP contribution in [-0.2, 0) is 14.4 Å². The van der Waals surface area contributed by atoms with Crippen LogP contribution < -0.4 is 15.1 Å². The van der Waals surface area contributed by atoms with Crippen LogP contribution in [-0.4, -0.2) is 27.8 Å². The Balaban J connectivity index is 2.06. The lowest BCUT2D eigenvalue weighted by atomic mass is 9.94. The zero-order valence-electron chi connectivity index (χ0n) is 16.8. The number of anilines is 2. The first-order valence-electron chi connectivity index (χ1n) is 9.30. The Labute approximate surface area is 185 Å². The van der Waals surface area contributed by atoms with Crippen LogP contribution in [0, 0.1) is 11.3 Å². The van der Waals surface area contributed by atoms with Gasteiger partial charge in [0.15, 0.2) is 11.0 Å². The second kappa shape index (κ2) is 8.41. The fourth-order valence-electron chi connectivity index (χ4n) is 2.88. The number of benzene rings is 2. The topological polar surface area (TPSA) is 69.7 Å². The Bertz CT molecular complexity index is 955. The summed E-state index contributed by atoms with van der Waals surface area (Å²) in [6, 6.07) is 17.6. The number of hydrogen-bond donors (Lipinski definition) is 1. The molecule has 1 fully saturated rings. The van der Waals surface area contributed by atoms with E-state index < -0.39 is 23.1 Å². The number of amides is 3. The van der Waals surface area contributed by atoms with E-state index in [1.807, 2.05) is 12.1 Å². The number of carbonyl (C=O) groups is 3. The summed E-state index contributed by atoms with van der Waals surface area (Å²) in [6.45, 7) is 5.16. The van der Waals surface area contributed by atoms with Crippen molar-refractivity contribution in [1.82, 2.24) is 5.32 Å². The maximum Gasteiger partial charge on any atom is 0.252 e. The highest BCUT2D eigenvalue weighted by Gasteiger charge is 2.47. The minimum Gasteiger partial charge on any atom is -0.319 e. The molecule has 30 heavy (non-hydrogen) atoms. The van der Waals surface area contributed by atoms with Crippen LogP contribution in [0.3, 0.4) is 0 Å². The molecule has 3 amide bonds. The first kappa shape index (κ1) is 21.7. The normalized spacial score (nSPS) is 15.4. The van der Waals surface area contributed by atoms with Crippen molar-refractivity contribution in [3.05, 3.63) is 60.7 Å². The molecule has 1 saturated heterocycles. The van der Waals surface area contributed by atoms with Crippen molar-refractivity contribution >= 4 is 63.6 Å². The quantitative estimate of drug-likeness (QED) is 0.586. The van der Waals surface area contributed by atoms with E-state index in [0.717, 1.165) is 0 Å². The van der Waals surface area contributed by atoms with Crippen molar-refractivity contribution in [3.8, 4) is 0 Å². The molecule has 0 radical (unpaired) electrons. The average molecular weight is 440 g/mol. The molecule has 3 rings (SSSR count). The third-order valence-electron chi connectivity index (χ3n) is 4.53. The maximum absolute atomic E-state index is 13.3. The predicted molar refractivity (Wildman–Crippen MR) is 124 cm³/mol. The van der Waals surface area contributed by atoms with Crippen LogP contribution >= 0.6 is 24.4 Å². The van der Waals surface area contributed by atoms with Gasteiger partial charge in [0, 0.05) is 5.41 Å². The maximum atomic E-state index is 13.3. The van der Waals surface area contributed by atoms with Crippen molar-refractivity contribution in [2.45, 2.75) is 20.8 Å². The number of nitrogens with zero attached hydrogens (tertiary/aromatic N) is 2. The van der Waals surface area contributed by atoms with Crippen LogP contribution in [0.1, 0.15) is 20.8 Å². The number of carbonyl (C=O) groups excluding carboxylic acids is 3. The van der Waals surface area contributed by atoms with Gasteiger partial charge in [-0.3, -0.25) is 24.2 Å². The van der Waals surface area contributed by atoms with Crippen molar-refractivity contribution in [3.63, 3.8) is 0 Å². The third-order valence-corrected chi connectivity index (χ3v) is 5.23. The van der Waals surface area contributed by atoms with Crippen molar-refractivity contribution in [2.24, 2.45) is 11.3 Å². The molecule has 1 aliphatic rings. The predicted octanol–water partition coefficient (Wildman–Crippen LogP) is 3.46. The van der Waals surface area contributed by atoms with Gasteiger partial charge in [0.2, 0.25) is 5.91 Å². The number of hydrogen-bond acceptors (Lipinski definition) is 5. The molecule has 2 aromatic rings. The van der Waals surface area contributed by atoms with Crippen molar-refractivity contribution in [2.75, 3.05) is 9.80 Å². The van der Waals surface area contributed by atoms with E-state index >= 15 is 0 Å². The molecular formula is C22H21N3O3S2. The van der Waals surface area contributed by atoms with Crippen LogP contribution in [0.5, 0.6) is 0 Å². The molecule has 0 atom stereocenters. The van der Waals surface area contributed by atoms with Gasteiger partial charge >= 0.3 is 0 Å². The van der Waals surface area contributed by atoms with E-state index in [1.165, 1.54) is 9.80 Å². The van der Waals surface area contributed by atoms with Gasteiger partial charge in [0.05, 0.1) is 11.4 Å². The Kier molecular flexibility index (Phi) is 6.09. The van der Waals surface area contributed by atoms with Crippen molar-refractivity contribution < 1.29 is 14.4 Å². The molecule has 1 N–H and O–H groups in total. The van der Waals surface area contributed by atoms with E-state index in [0.29, 0.717) is 11.4 Å². The second-order valence-corrected chi connectivity index (χ2v) is 8.61. The third kappa shape index (κ3) is 4.15. The van der Waals surface area contributed by atoms with Crippen molar-refractivity contribution in [1.29, 1.82) is 0 Å². The van der Waals surface area contributed by atoms with Gasteiger partial charge in [-0.25, -0.2) is 0 Å². The lowest BCUT2D eigenvalue weighted by Gasteiger charge is -2.39. The standard InChI is InChI=1S/C22H21N3O3S2/c1-22(2,3)20(28)23-17(29)16-18(26)24(14-10-6-4-7-11-14)21(30)25(19(16)27)15-12-8-5-9-13-15/h4-13,16H,1-3H3,(H,23,28,29). The van der Waals surface area contributed by atoms with E-state index in [1.54, 1.807) is 69.3 Å². The van der Waals surface area contributed by atoms with Crippen LogP contribution in [0.25, 0.3) is 0 Å². The summed E-state index contributed by atoms with van der Waals surface area (Å²) in [7, 11) is 0. The molecule has 0 unspecified atom stereocenters. The molecule has 0 spiro atoms. The molecule has 1 aliphatic heterocycles. The largest absolute Gasteiger partial charge is 0.319 e. The summed E-state index contributed by atoms with van der Waals surface area (Å²) in [5.41, 5.74) is 0.282. The molecule has 0 aliphatic carbocycles. The zero-order valence-corrected chi connectivity index (χ0v) is 18.4. The zero-order chi connectivity index (χ0) is 22.1. The number of thiocarbonyl (C=S) groups is 2. The fraction of sp³-hybridized carbons (Fsp3) is 0.227. The molecule has 2 aromatic carbocycles. The summed E-state index contributed by atoms with van der Waals surface area (Å²) in [5.74, 6) is -2.94. The molecule has 0 bridgehead atoms. The molecular weight excluding hydrogens is 418 g/mol. The van der Waals surface area contributed by atoms with Gasteiger partial charge in [-0.2, -0.15) is 0 Å². The highest BCUT2D eigenvalue weighted by molar-refractivity contribution is 7.81. The Morgan fingerprint density at radius 3 is 1.63 bits per heavy atom. The highest BCUT2D eigenvalue weighted by atomic mass is 32.1. The molecule has 0 saturated carbocycles. The smallest absolute Gasteiger partial charge is 0.252 e. The lowest BCUT2D eigenvalue weighted by molar-refractivity contribution is -0.129. The molecule has 6 nitrogen and oxygen atoms in total. The monoisotopic (exact) mass is 439 g/mol. The molecule has 0 aromatic heterocycles. The van der Waals surface area contributed by atoms with Crippen LogP contribution in [0.15, 0.2) is 60.7 Å². The van der Waals surface area contributed by atoms with E-state index in [9.17, 15) is 14.4 Å². The van der Waals surface area contributed by atoms with Gasteiger partial charge in [0.1, 0.15) is 4.99 Å². The summed E-state index contributed by atoms with van der Waals surface area (Å²) in [4.78, 5) is 41.5. The summed E-state index contributed by atoms with van der Waals surface area (Å²) in [5, 5.41) is 2.59. The fourth-order valence-corrected chi connectivity index (χ4v) is 3.56. The lowest BCUT2D eigenvalue weighted by Crippen LogP contribution is -2.63. The Hall–Kier alpha value is -2.97. The minimum absolute atomic E-state index is 0.0311. The average Bonchev–Trinajstić information content (AvgIpc) is 2.69. The number of para-hydroxylation sites is 2. The Morgan fingerprint density at radius 2 is 1.27 bits per heavy atom. The molecule has 154 valence electrons. The second-order valence-electron chi connectivity index (χ2n) is 7.80. The highest BCUT2D eigenvalue weighted by Crippen LogP contribution is 2.29. The van der Waals surface area contributed by atoms with Gasteiger partial charge in [-0.1, -0.05) is 69.4 Å². The van der Waals surface area contributed by atoms with Gasteiger partial charge in [-0.15, -0.1) is 0 Å². The number of rotatable bonds is 3. The molecule has 8 heteroatoms. The van der Waals surface area contributed by atoms with Crippen LogP contribution in [0.2, 0.25) is 0 Å². The van der Waals surface area contributed by atoms with Gasteiger partial charge in [0.25, 0.3) is 11.8 Å². The minimum atomic E-state index is -1.38. The van der Waals surface area contributed by atoms with Gasteiger partial charge in [-0.05, 0) is 36.5 Å². The van der Waals surface area contributed by atoms with Crippen LogP contribution in [0.4, 0.5) is 11.4 Å². The molecule has 1 heterocycles. The Morgan fingerprint density at radius 1 is 0.867 bits per heavy atom. The SMILES string of the molecule is CC(C)(C)C(=O)NC(=S)C1C(=O)N(c2ccccc2)C(=S)N(c2ccccc2)C1=O. The summed E-state index contributed by atoms with van der Waals surface area (Å²) >= 11 is 10.9. The summed E-state index contributed by atoms with van der Waals surface area (Å²) in [6.07, 6.45) is 0.